The predicted molar refractivity (Wildman–Crippen MR) is 62.7 cm³/mol. The van der Waals surface area contributed by atoms with Crippen LogP contribution in [0.15, 0.2) is 0 Å². The van der Waals surface area contributed by atoms with Crippen LogP contribution in [0.1, 0.15) is 25.7 Å². The van der Waals surface area contributed by atoms with Gasteiger partial charge in [-0.1, -0.05) is 0 Å². The molecule has 0 N–H and O–H groups in total. The summed E-state index contributed by atoms with van der Waals surface area (Å²) in [4.78, 5) is 15.4. The first-order valence-corrected chi connectivity index (χ1v) is 5.93. The quantitative estimate of drug-likeness (QED) is 0.717. The number of hydrogen-bond acceptors (Lipinski definition) is 3. The lowest BCUT2D eigenvalue weighted by Crippen LogP contribution is -2.35. The van der Waals surface area contributed by atoms with Crippen LogP contribution in [-0.2, 0) is 4.79 Å². The van der Waals surface area contributed by atoms with Crippen molar-refractivity contribution in [2.24, 2.45) is 5.92 Å². The van der Waals surface area contributed by atoms with E-state index >= 15 is 0 Å². The summed E-state index contributed by atoms with van der Waals surface area (Å²) in [6, 6.07) is 1.89. The largest absolute Gasteiger partial charge is 0.345 e. The number of carbonyl (C=O) groups excluding carboxylic acids is 1. The van der Waals surface area contributed by atoms with Crippen molar-refractivity contribution in [1.29, 1.82) is 5.26 Å². The van der Waals surface area contributed by atoms with Gasteiger partial charge in [0, 0.05) is 20.1 Å². The summed E-state index contributed by atoms with van der Waals surface area (Å²) in [5.74, 6) is 0.641. The van der Waals surface area contributed by atoms with Crippen LogP contribution in [0.5, 0.6) is 0 Å². The molecule has 1 saturated heterocycles. The molecule has 0 radical (unpaired) electrons. The van der Waals surface area contributed by atoms with Crippen LogP contribution in [0.2, 0.25) is 0 Å². The highest BCUT2D eigenvalue weighted by Gasteiger charge is 2.18. The number of nitriles is 1. The molecule has 90 valence electrons. The molecule has 16 heavy (non-hydrogen) atoms. The molecule has 0 bridgehead atoms. The average Bonchev–Trinajstić information content (AvgIpc) is 2.26. The monoisotopic (exact) mass is 223 g/mol. The molecule has 1 amide bonds. The van der Waals surface area contributed by atoms with Gasteiger partial charge in [0.15, 0.2) is 0 Å². The zero-order chi connectivity index (χ0) is 12.0. The highest BCUT2D eigenvalue weighted by atomic mass is 16.2. The molecule has 1 heterocycles. The smallest absolute Gasteiger partial charge is 0.236 e. The van der Waals surface area contributed by atoms with Crippen molar-refractivity contribution in [1.82, 2.24) is 9.80 Å². The summed E-state index contributed by atoms with van der Waals surface area (Å²) in [7, 11) is 3.93. The van der Waals surface area contributed by atoms with Gasteiger partial charge in [-0.05, 0) is 38.8 Å². The predicted octanol–water partition coefficient (Wildman–Crippen LogP) is 1.09. The second-order valence-corrected chi connectivity index (χ2v) is 4.71. The number of rotatable bonds is 4. The fraction of sp³-hybridized carbons (Fsp3) is 0.833. The molecular formula is C12H21N3O. The maximum Gasteiger partial charge on any atom is 0.236 e. The van der Waals surface area contributed by atoms with E-state index in [1.165, 1.54) is 19.4 Å². The normalized spacial score (nSPS) is 21.4. The van der Waals surface area contributed by atoms with Crippen LogP contribution in [0.25, 0.3) is 0 Å². The average molecular weight is 223 g/mol. The topological polar surface area (TPSA) is 47.3 Å². The number of piperidine rings is 1. The lowest BCUT2D eigenvalue weighted by molar-refractivity contribution is -0.129. The van der Waals surface area contributed by atoms with Crippen LogP contribution in [-0.4, -0.2) is 49.4 Å². The van der Waals surface area contributed by atoms with Gasteiger partial charge in [-0.2, -0.15) is 5.26 Å². The standard InChI is InChI=1S/C12H21N3O/c1-14-8-3-4-11(10-14)6-9-15(2)12(16)5-7-13/h11H,3-6,8-10H2,1-2H3. The molecule has 1 atom stereocenters. The third-order valence-electron chi connectivity index (χ3n) is 3.25. The zero-order valence-corrected chi connectivity index (χ0v) is 10.3. The Hall–Kier alpha value is -1.08. The van der Waals surface area contributed by atoms with Crippen LogP contribution < -0.4 is 0 Å². The molecule has 0 saturated carbocycles. The molecular weight excluding hydrogens is 202 g/mol. The third kappa shape index (κ3) is 4.19. The number of hydrogen-bond donors (Lipinski definition) is 0. The Kier molecular flexibility index (Phi) is 5.27. The van der Waals surface area contributed by atoms with E-state index in [9.17, 15) is 4.79 Å². The highest BCUT2D eigenvalue weighted by Crippen LogP contribution is 2.18. The minimum atomic E-state index is -0.0633. The van der Waals surface area contributed by atoms with Crippen LogP contribution in [0, 0.1) is 17.2 Å². The van der Waals surface area contributed by atoms with E-state index in [0.29, 0.717) is 5.92 Å². The summed E-state index contributed by atoms with van der Waals surface area (Å²) < 4.78 is 0. The Morgan fingerprint density at radius 3 is 3.00 bits per heavy atom. The van der Waals surface area contributed by atoms with E-state index in [0.717, 1.165) is 19.5 Å². The molecule has 0 spiro atoms. The zero-order valence-electron chi connectivity index (χ0n) is 10.3. The number of likely N-dealkylation sites (tertiary alicyclic amines) is 1. The summed E-state index contributed by atoms with van der Waals surface area (Å²) in [6.07, 6.45) is 3.58. The molecule has 0 aromatic rings. The first-order chi connectivity index (χ1) is 7.63. The van der Waals surface area contributed by atoms with Gasteiger partial charge < -0.3 is 9.80 Å². The van der Waals surface area contributed by atoms with E-state index in [1.54, 1.807) is 11.9 Å². The molecule has 4 nitrogen and oxygen atoms in total. The van der Waals surface area contributed by atoms with Gasteiger partial charge in [-0.15, -0.1) is 0 Å². The fourth-order valence-corrected chi connectivity index (χ4v) is 2.21. The SMILES string of the molecule is CN1CCCC(CCN(C)C(=O)CC#N)C1. The second kappa shape index (κ2) is 6.49. The first-order valence-electron chi connectivity index (χ1n) is 5.93. The Bertz CT molecular complexity index is 272. The highest BCUT2D eigenvalue weighted by molar-refractivity contribution is 5.77. The number of amides is 1. The van der Waals surface area contributed by atoms with Crippen molar-refractivity contribution in [3.05, 3.63) is 0 Å². The lowest BCUT2D eigenvalue weighted by atomic mass is 9.95. The van der Waals surface area contributed by atoms with Gasteiger partial charge in [0.1, 0.15) is 6.42 Å². The van der Waals surface area contributed by atoms with E-state index in [1.807, 2.05) is 6.07 Å². The molecule has 1 rings (SSSR count). The van der Waals surface area contributed by atoms with Crippen molar-refractivity contribution in [3.63, 3.8) is 0 Å². The number of carbonyl (C=O) groups is 1. The summed E-state index contributed by atoms with van der Waals surface area (Å²) in [6.45, 7) is 3.11. The van der Waals surface area contributed by atoms with Crippen LogP contribution in [0.4, 0.5) is 0 Å². The molecule has 0 aromatic heterocycles. The summed E-state index contributed by atoms with van der Waals surface area (Å²) in [5, 5.41) is 8.43. The van der Waals surface area contributed by atoms with Gasteiger partial charge in [0.2, 0.25) is 5.91 Å². The van der Waals surface area contributed by atoms with Crippen molar-refractivity contribution in [2.75, 3.05) is 33.7 Å². The molecule has 1 aliphatic heterocycles. The van der Waals surface area contributed by atoms with Crippen LogP contribution in [0.3, 0.4) is 0 Å². The first kappa shape index (κ1) is 13.0. The van der Waals surface area contributed by atoms with Gasteiger partial charge >= 0.3 is 0 Å². The minimum absolute atomic E-state index is 0.00106. The van der Waals surface area contributed by atoms with E-state index < -0.39 is 0 Å². The molecule has 1 unspecified atom stereocenters. The van der Waals surface area contributed by atoms with Crippen LogP contribution >= 0.6 is 0 Å². The summed E-state index contributed by atoms with van der Waals surface area (Å²) in [5.41, 5.74) is 0. The fourth-order valence-electron chi connectivity index (χ4n) is 2.21. The van der Waals surface area contributed by atoms with Gasteiger partial charge in [-0.3, -0.25) is 4.79 Å². The second-order valence-electron chi connectivity index (χ2n) is 4.71. The molecule has 1 fully saturated rings. The molecule has 0 aromatic carbocycles. The number of nitrogens with zero attached hydrogens (tertiary/aromatic N) is 3. The minimum Gasteiger partial charge on any atom is -0.345 e. The van der Waals surface area contributed by atoms with Crippen molar-refractivity contribution in [3.8, 4) is 6.07 Å². The van der Waals surface area contributed by atoms with E-state index in [4.69, 9.17) is 5.26 Å². The Labute approximate surface area is 97.8 Å². The Balaban J connectivity index is 2.23. The van der Waals surface area contributed by atoms with Crippen molar-refractivity contribution < 1.29 is 4.79 Å². The lowest BCUT2D eigenvalue weighted by Gasteiger charge is -2.30. The summed E-state index contributed by atoms with van der Waals surface area (Å²) >= 11 is 0. The van der Waals surface area contributed by atoms with Crippen molar-refractivity contribution >= 4 is 5.91 Å². The maximum absolute atomic E-state index is 11.4. The molecule has 1 aliphatic rings. The molecule has 4 heteroatoms. The van der Waals surface area contributed by atoms with Gasteiger partial charge in [-0.25, -0.2) is 0 Å². The van der Waals surface area contributed by atoms with Gasteiger partial charge in [0.25, 0.3) is 0 Å². The Morgan fingerprint density at radius 2 is 2.38 bits per heavy atom. The van der Waals surface area contributed by atoms with Crippen molar-refractivity contribution in [2.45, 2.75) is 25.7 Å². The third-order valence-corrected chi connectivity index (χ3v) is 3.25. The van der Waals surface area contributed by atoms with E-state index in [2.05, 4.69) is 11.9 Å². The Morgan fingerprint density at radius 1 is 1.62 bits per heavy atom. The molecule has 0 aliphatic carbocycles. The maximum atomic E-state index is 11.4. The van der Waals surface area contributed by atoms with E-state index in [-0.39, 0.29) is 12.3 Å². The van der Waals surface area contributed by atoms with Gasteiger partial charge in [0.05, 0.1) is 6.07 Å².